The summed E-state index contributed by atoms with van der Waals surface area (Å²) < 4.78 is 7.61. The maximum Gasteiger partial charge on any atom is 0.335 e. The third-order valence-electron chi connectivity index (χ3n) is 5.87. The molecule has 2 aromatic carbocycles. The number of ether oxygens (including phenoxy) is 1. The first-order chi connectivity index (χ1) is 16.3. The van der Waals surface area contributed by atoms with E-state index in [-0.39, 0.29) is 5.57 Å². The van der Waals surface area contributed by atoms with E-state index in [0.717, 1.165) is 34.0 Å². The van der Waals surface area contributed by atoms with E-state index in [1.54, 1.807) is 30.3 Å². The molecule has 0 aliphatic carbocycles. The van der Waals surface area contributed by atoms with E-state index in [4.69, 9.17) is 4.74 Å². The lowest BCUT2D eigenvalue weighted by Gasteiger charge is -2.26. The van der Waals surface area contributed by atoms with Crippen LogP contribution < -0.4 is 15.0 Å². The average molecular weight is 458 g/mol. The Bertz CT molecular complexity index is 1320. The second kappa shape index (κ2) is 9.39. The van der Waals surface area contributed by atoms with Gasteiger partial charge in [-0.3, -0.25) is 14.9 Å². The van der Waals surface area contributed by atoms with E-state index >= 15 is 0 Å². The van der Waals surface area contributed by atoms with Crippen LogP contribution in [-0.4, -0.2) is 29.0 Å². The highest BCUT2D eigenvalue weighted by Gasteiger charge is 2.37. The van der Waals surface area contributed by atoms with Crippen molar-refractivity contribution in [1.82, 2.24) is 9.88 Å². The highest BCUT2D eigenvalue weighted by atomic mass is 16.5. The summed E-state index contributed by atoms with van der Waals surface area (Å²) in [5.74, 6) is -0.867. The van der Waals surface area contributed by atoms with Gasteiger partial charge in [0.25, 0.3) is 11.8 Å². The van der Waals surface area contributed by atoms with Crippen LogP contribution in [0.25, 0.3) is 11.8 Å². The molecule has 1 saturated heterocycles. The number of urea groups is 1. The molecule has 7 heteroatoms. The molecule has 0 atom stereocenters. The number of nitrogens with zero attached hydrogens (tertiary/aromatic N) is 2. The van der Waals surface area contributed by atoms with E-state index < -0.39 is 17.8 Å². The monoisotopic (exact) mass is 457 g/mol. The summed E-state index contributed by atoms with van der Waals surface area (Å²) in [6.07, 6.45) is 2.43. The van der Waals surface area contributed by atoms with Crippen molar-refractivity contribution in [3.05, 3.63) is 82.7 Å². The van der Waals surface area contributed by atoms with Gasteiger partial charge in [0.05, 0.1) is 12.3 Å². The number of hydrogen-bond donors (Lipinski definition) is 1. The van der Waals surface area contributed by atoms with Gasteiger partial charge in [0.15, 0.2) is 0 Å². The van der Waals surface area contributed by atoms with Crippen LogP contribution in [0, 0.1) is 13.8 Å². The third kappa shape index (κ3) is 4.12. The molecule has 2 heterocycles. The Balaban J connectivity index is 1.76. The number of benzene rings is 2. The van der Waals surface area contributed by atoms with E-state index in [2.05, 4.69) is 28.9 Å². The maximum atomic E-state index is 13.3. The Morgan fingerprint density at radius 1 is 0.971 bits per heavy atom. The van der Waals surface area contributed by atoms with Crippen LogP contribution in [0.4, 0.5) is 10.5 Å². The summed E-state index contributed by atoms with van der Waals surface area (Å²) >= 11 is 0. The van der Waals surface area contributed by atoms with Crippen molar-refractivity contribution >= 4 is 29.6 Å². The van der Waals surface area contributed by atoms with Crippen LogP contribution >= 0.6 is 0 Å². The first-order valence-corrected chi connectivity index (χ1v) is 11.3. The summed E-state index contributed by atoms with van der Waals surface area (Å²) in [6, 6.07) is 16.0. The fraction of sp³-hybridized carbons (Fsp3) is 0.222. The summed E-state index contributed by atoms with van der Waals surface area (Å²) in [4.78, 5) is 39.5. The molecule has 1 aliphatic heterocycles. The molecule has 1 aliphatic rings. The lowest BCUT2D eigenvalue weighted by atomic mass is 10.1. The second-order valence-electron chi connectivity index (χ2n) is 8.03. The Labute approximate surface area is 198 Å². The Kier molecular flexibility index (Phi) is 6.36. The quantitative estimate of drug-likeness (QED) is 0.429. The third-order valence-corrected chi connectivity index (χ3v) is 5.87. The fourth-order valence-corrected chi connectivity index (χ4v) is 4.26. The molecule has 4 amide bonds. The van der Waals surface area contributed by atoms with Crippen LogP contribution in [0.1, 0.15) is 36.4 Å². The minimum atomic E-state index is -0.789. The molecule has 0 radical (unpaired) electrons. The van der Waals surface area contributed by atoms with Gasteiger partial charge in [0, 0.05) is 23.1 Å². The van der Waals surface area contributed by atoms with Gasteiger partial charge in [-0.25, -0.2) is 9.69 Å². The van der Waals surface area contributed by atoms with Crippen LogP contribution in [0.2, 0.25) is 0 Å². The van der Waals surface area contributed by atoms with Gasteiger partial charge in [0.1, 0.15) is 11.3 Å². The standard InChI is InChI=1S/C27H27N3O4/c1-5-19-10-7-8-13-24(19)29-17(3)14-20(18(29)4)15-23-25(31)28-27(33)30(26(23)32)21-11-9-12-22(16-21)34-6-2/h7-16H,5-6H2,1-4H3,(H,28,31,33)/b23-15-. The average Bonchev–Trinajstić information content (AvgIpc) is 3.09. The van der Waals surface area contributed by atoms with Crippen molar-refractivity contribution in [3.8, 4) is 11.4 Å². The largest absolute Gasteiger partial charge is 0.494 e. The second-order valence-corrected chi connectivity index (χ2v) is 8.03. The van der Waals surface area contributed by atoms with Gasteiger partial charge < -0.3 is 9.30 Å². The number of nitrogens with one attached hydrogen (secondary N) is 1. The topological polar surface area (TPSA) is 80.6 Å². The normalized spacial score (nSPS) is 15.1. The van der Waals surface area contributed by atoms with E-state index in [9.17, 15) is 14.4 Å². The summed E-state index contributed by atoms with van der Waals surface area (Å²) in [5.41, 5.74) is 5.09. The van der Waals surface area contributed by atoms with E-state index in [1.807, 2.05) is 39.0 Å². The van der Waals surface area contributed by atoms with Gasteiger partial charge >= 0.3 is 6.03 Å². The van der Waals surface area contributed by atoms with Gasteiger partial charge in [0.2, 0.25) is 0 Å². The van der Waals surface area contributed by atoms with Crippen molar-refractivity contribution in [2.45, 2.75) is 34.1 Å². The molecule has 4 rings (SSSR count). The van der Waals surface area contributed by atoms with Crippen molar-refractivity contribution in [3.63, 3.8) is 0 Å². The number of amides is 4. The van der Waals surface area contributed by atoms with Crippen LogP contribution in [0.5, 0.6) is 5.75 Å². The molecule has 1 N–H and O–H groups in total. The number of carbonyl (C=O) groups is 3. The number of rotatable bonds is 6. The molecule has 34 heavy (non-hydrogen) atoms. The van der Waals surface area contributed by atoms with Gasteiger partial charge in [-0.1, -0.05) is 31.2 Å². The zero-order valence-electron chi connectivity index (χ0n) is 19.7. The molecule has 0 spiro atoms. The summed E-state index contributed by atoms with van der Waals surface area (Å²) in [5, 5.41) is 2.28. The number of carbonyl (C=O) groups excluding carboxylic acids is 3. The molecular weight excluding hydrogens is 430 g/mol. The number of aryl methyl sites for hydroxylation is 2. The number of imide groups is 2. The highest BCUT2D eigenvalue weighted by Crippen LogP contribution is 2.28. The van der Waals surface area contributed by atoms with Gasteiger partial charge in [-0.2, -0.15) is 0 Å². The molecule has 0 saturated carbocycles. The number of barbiturate groups is 1. The van der Waals surface area contributed by atoms with Crippen molar-refractivity contribution in [2.75, 3.05) is 11.5 Å². The molecule has 0 unspecified atom stereocenters. The van der Waals surface area contributed by atoms with Crippen molar-refractivity contribution in [2.24, 2.45) is 0 Å². The highest BCUT2D eigenvalue weighted by molar-refractivity contribution is 6.39. The molecule has 174 valence electrons. The number of para-hydroxylation sites is 1. The van der Waals surface area contributed by atoms with E-state index in [0.29, 0.717) is 18.0 Å². The number of aromatic nitrogens is 1. The van der Waals surface area contributed by atoms with Gasteiger partial charge in [-0.15, -0.1) is 0 Å². The van der Waals surface area contributed by atoms with Crippen LogP contribution in [-0.2, 0) is 16.0 Å². The summed E-state index contributed by atoms with van der Waals surface area (Å²) in [6.45, 7) is 8.34. The SMILES string of the molecule is CCOc1cccc(N2C(=O)NC(=O)/C(=C/c3cc(C)n(-c4ccccc4CC)c3C)C2=O)c1. The maximum absolute atomic E-state index is 13.3. The minimum absolute atomic E-state index is 0.106. The number of hydrogen-bond acceptors (Lipinski definition) is 4. The minimum Gasteiger partial charge on any atom is -0.494 e. The Morgan fingerprint density at radius 2 is 1.74 bits per heavy atom. The zero-order chi connectivity index (χ0) is 24.4. The molecule has 7 nitrogen and oxygen atoms in total. The molecule has 0 bridgehead atoms. The molecular formula is C27H27N3O4. The molecule has 3 aromatic rings. The first-order valence-electron chi connectivity index (χ1n) is 11.3. The Morgan fingerprint density at radius 3 is 2.47 bits per heavy atom. The lowest BCUT2D eigenvalue weighted by Crippen LogP contribution is -2.54. The summed E-state index contributed by atoms with van der Waals surface area (Å²) in [7, 11) is 0. The van der Waals surface area contributed by atoms with E-state index in [1.165, 1.54) is 5.56 Å². The van der Waals surface area contributed by atoms with Gasteiger partial charge in [-0.05, 0) is 68.7 Å². The predicted molar refractivity (Wildman–Crippen MR) is 131 cm³/mol. The fourth-order valence-electron chi connectivity index (χ4n) is 4.26. The van der Waals surface area contributed by atoms with Crippen molar-refractivity contribution < 1.29 is 19.1 Å². The number of anilines is 1. The van der Waals surface area contributed by atoms with Crippen molar-refractivity contribution in [1.29, 1.82) is 0 Å². The smallest absolute Gasteiger partial charge is 0.335 e. The molecule has 1 fully saturated rings. The Hall–Kier alpha value is -4.13. The zero-order valence-corrected chi connectivity index (χ0v) is 19.7. The predicted octanol–water partition coefficient (Wildman–Crippen LogP) is 4.72. The molecule has 1 aromatic heterocycles. The lowest BCUT2D eigenvalue weighted by molar-refractivity contribution is -0.122. The van der Waals surface area contributed by atoms with Crippen LogP contribution in [0.3, 0.4) is 0 Å². The first kappa shape index (κ1) is 23.0. The van der Waals surface area contributed by atoms with Crippen LogP contribution in [0.15, 0.2) is 60.2 Å².